The summed E-state index contributed by atoms with van der Waals surface area (Å²) in [7, 11) is 0. The van der Waals surface area contributed by atoms with Crippen LogP contribution in [0.1, 0.15) is 168 Å². The van der Waals surface area contributed by atoms with Crippen LogP contribution in [-0.4, -0.2) is 34.9 Å². The number of hydrogen-bond acceptors (Lipinski definition) is 3. The second-order valence-electron chi connectivity index (χ2n) is 11.2. The van der Waals surface area contributed by atoms with Gasteiger partial charge in [-0.2, -0.15) is 0 Å². The molecule has 0 rings (SSSR count). The van der Waals surface area contributed by atoms with E-state index in [4.69, 9.17) is 0 Å². The molecule has 0 heterocycles. The summed E-state index contributed by atoms with van der Waals surface area (Å²) in [4.78, 5) is 12.3. The fourth-order valence-electron chi connectivity index (χ4n) is 4.87. The van der Waals surface area contributed by atoms with Gasteiger partial charge in [0.25, 0.3) is 0 Å². The highest BCUT2D eigenvalue weighted by Crippen LogP contribution is 2.14. The number of unbranched alkanes of at least 4 members (excludes halogenated alkanes) is 18. The number of carbonyl (C=O) groups is 1. The third kappa shape index (κ3) is 26.5. The quantitative estimate of drug-likeness (QED) is 0.0660. The molecule has 38 heavy (non-hydrogen) atoms. The summed E-state index contributed by atoms with van der Waals surface area (Å²) in [6, 6.07) is -0.538. The molecule has 2 unspecified atom stereocenters. The Morgan fingerprint density at radius 2 is 1.13 bits per heavy atom. The van der Waals surface area contributed by atoms with Crippen molar-refractivity contribution in [3.63, 3.8) is 0 Å². The van der Waals surface area contributed by atoms with Gasteiger partial charge in [0.2, 0.25) is 5.91 Å². The lowest BCUT2D eigenvalue weighted by Crippen LogP contribution is -2.45. The van der Waals surface area contributed by atoms with Crippen LogP contribution in [0.15, 0.2) is 24.3 Å². The first kappa shape index (κ1) is 36.9. The van der Waals surface area contributed by atoms with E-state index in [1.165, 1.54) is 96.3 Å². The van der Waals surface area contributed by atoms with Crippen molar-refractivity contribution < 1.29 is 15.0 Å². The molecule has 0 aromatic rings. The Kier molecular flexibility index (Phi) is 29.5. The highest BCUT2D eigenvalue weighted by atomic mass is 16.3. The van der Waals surface area contributed by atoms with Gasteiger partial charge in [-0.3, -0.25) is 4.79 Å². The lowest BCUT2D eigenvalue weighted by molar-refractivity contribution is -0.123. The first-order valence-corrected chi connectivity index (χ1v) is 16.5. The van der Waals surface area contributed by atoms with Crippen molar-refractivity contribution in [1.29, 1.82) is 0 Å². The molecule has 0 radical (unpaired) electrons. The van der Waals surface area contributed by atoms with Gasteiger partial charge in [0.1, 0.15) is 0 Å². The minimum absolute atomic E-state index is 0.0486. The van der Waals surface area contributed by atoms with Crippen LogP contribution in [0.25, 0.3) is 0 Å². The number of amides is 1. The second-order valence-corrected chi connectivity index (χ2v) is 11.2. The van der Waals surface area contributed by atoms with Gasteiger partial charge in [-0.25, -0.2) is 0 Å². The molecule has 0 spiro atoms. The molecule has 2 atom stereocenters. The molecule has 0 aromatic heterocycles. The largest absolute Gasteiger partial charge is 0.394 e. The SMILES string of the molecule is CCC/C=C\C/C=C\CCCCCCCC(=O)NC(CO)C(O)CCCCCCCCCCCCCCC. The second kappa shape index (κ2) is 30.4. The van der Waals surface area contributed by atoms with Crippen molar-refractivity contribution in [3.8, 4) is 0 Å². The fourth-order valence-corrected chi connectivity index (χ4v) is 4.87. The molecule has 0 fully saturated rings. The van der Waals surface area contributed by atoms with E-state index in [1.54, 1.807) is 0 Å². The maximum atomic E-state index is 12.3. The molecule has 0 aliphatic carbocycles. The first-order chi connectivity index (χ1) is 18.7. The van der Waals surface area contributed by atoms with Crippen LogP contribution in [0.5, 0.6) is 0 Å². The van der Waals surface area contributed by atoms with Gasteiger partial charge < -0.3 is 15.5 Å². The van der Waals surface area contributed by atoms with E-state index in [0.29, 0.717) is 12.8 Å². The van der Waals surface area contributed by atoms with Crippen molar-refractivity contribution in [3.05, 3.63) is 24.3 Å². The minimum atomic E-state index is -0.660. The Hall–Kier alpha value is -1.13. The highest BCUT2D eigenvalue weighted by Gasteiger charge is 2.19. The molecule has 0 saturated carbocycles. The predicted molar refractivity (Wildman–Crippen MR) is 165 cm³/mol. The summed E-state index contributed by atoms with van der Waals surface area (Å²) in [6.45, 7) is 4.27. The fraction of sp³-hybridized carbons (Fsp3) is 0.853. The van der Waals surface area contributed by atoms with Crippen molar-refractivity contribution in [2.75, 3.05) is 6.61 Å². The molecular weight excluding hydrogens is 470 g/mol. The van der Waals surface area contributed by atoms with E-state index in [2.05, 4.69) is 43.5 Å². The standard InChI is InChI=1S/C34H65NO3/c1-3-5-7-9-11-13-15-17-19-21-23-25-27-29-33(37)32(31-36)35-34(38)30-28-26-24-22-20-18-16-14-12-10-8-6-4-2/h8,10,14,16,32-33,36-37H,3-7,9,11-13,15,17-31H2,1-2H3,(H,35,38)/b10-8-,16-14-. The Morgan fingerprint density at radius 3 is 1.68 bits per heavy atom. The van der Waals surface area contributed by atoms with Crippen LogP contribution in [0, 0.1) is 0 Å². The van der Waals surface area contributed by atoms with E-state index >= 15 is 0 Å². The van der Waals surface area contributed by atoms with E-state index in [9.17, 15) is 15.0 Å². The zero-order valence-corrected chi connectivity index (χ0v) is 25.4. The van der Waals surface area contributed by atoms with Crippen LogP contribution < -0.4 is 5.32 Å². The minimum Gasteiger partial charge on any atom is -0.394 e. The molecule has 4 nitrogen and oxygen atoms in total. The summed E-state index contributed by atoms with van der Waals surface area (Å²) >= 11 is 0. The average molecular weight is 536 g/mol. The van der Waals surface area contributed by atoms with Crippen molar-refractivity contribution in [2.45, 2.75) is 180 Å². The first-order valence-electron chi connectivity index (χ1n) is 16.5. The van der Waals surface area contributed by atoms with Crippen LogP contribution >= 0.6 is 0 Å². The molecular formula is C34H65NO3. The summed E-state index contributed by atoms with van der Waals surface area (Å²) < 4.78 is 0. The molecule has 0 aromatic carbocycles. The molecule has 0 aliphatic heterocycles. The zero-order valence-electron chi connectivity index (χ0n) is 25.4. The summed E-state index contributed by atoms with van der Waals surface area (Å²) in [5.74, 6) is -0.0486. The maximum absolute atomic E-state index is 12.3. The summed E-state index contributed by atoms with van der Waals surface area (Å²) in [5, 5.41) is 22.9. The maximum Gasteiger partial charge on any atom is 0.220 e. The molecule has 3 N–H and O–H groups in total. The Bertz CT molecular complexity index is 546. The van der Waals surface area contributed by atoms with E-state index < -0.39 is 12.1 Å². The van der Waals surface area contributed by atoms with Gasteiger partial charge in [0.05, 0.1) is 18.8 Å². The molecule has 0 aliphatic rings. The van der Waals surface area contributed by atoms with E-state index in [1.807, 2.05) is 0 Å². The number of allylic oxidation sites excluding steroid dienone is 4. The Balaban J connectivity index is 3.62. The molecule has 4 heteroatoms. The summed E-state index contributed by atoms with van der Waals surface area (Å²) in [5.41, 5.74) is 0. The van der Waals surface area contributed by atoms with Gasteiger partial charge >= 0.3 is 0 Å². The topological polar surface area (TPSA) is 69.6 Å². The van der Waals surface area contributed by atoms with Crippen molar-refractivity contribution in [1.82, 2.24) is 5.32 Å². The zero-order chi connectivity index (χ0) is 27.9. The molecule has 0 saturated heterocycles. The van der Waals surface area contributed by atoms with Gasteiger partial charge in [-0.15, -0.1) is 0 Å². The average Bonchev–Trinajstić information content (AvgIpc) is 2.92. The van der Waals surface area contributed by atoms with E-state index in [0.717, 1.165) is 44.9 Å². The monoisotopic (exact) mass is 535 g/mol. The van der Waals surface area contributed by atoms with Crippen molar-refractivity contribution in [2.24, 2.45) is 0 Å². The van der Waals surface area contributed by atoms with Crippen LogP contribution in [0.2, 0.25) is 0 Å². The van der Waals surface area contributed by atoms with Gasteiger partial charge in [0.15, 0.2) is 0 Å². The van der Waals surface area contributed by atoms with Gasteiger partial charge in [-0.1, -0.05) is 147 Å². The number of aliphatic hydroxyl groups is 2. The van der Waals surface area contributed by atoms with E-state index in [-0.39, 0.29) is 12.5 Å². The number of nitrogens with one attached hydrogen (secondary N) is 1. The number of rotatable bonds is 29. The third-order valence-electron chi connectivity index (χ3n) is 7.45. The van der Waals surface area contributed by atoms with Crippen LogP contribution in [0.4, 0.5) is 0 Å². The van der Waals surface area contributed by atoms with Gasteiger partial charge in [-0.05, 0) is 38.5 Å². The molecule has 0 bridgehead atoms. The lowest BCUT2D eigenvalue weighted by atomic mass is 10.0. The van der Waals surface area contributed by atoms with Crippen molar-refractivity contribution >= 4 is 5.91 Å². The number of aliphatic hydroxyl groups excluding tert-OH is 2. The number of carbonyl (C=O) groups excluding carboxylic acids is 1. The van der Waals surface area contributed by atoms with Crippen LogP contribution in [-0.2, 0) is 4.79 Å². The number of hydrogen-bond donors (Lipinski definition) is 3. The predicted octanol–water partition coefficient (Wildman–Crippen LogP) is 9.34. The molecule has 1 amide bonds. The molecule has 224 valence electrons. The lowest BCUT2D eigenvalue weighted by Gasteiger charge is -2.22. The van der Waals surface area contributed by atoms with Crippen LogP contribution in [0.3, 0.4) is 0 Å². The summed E-state index contributed by atoms with van der Waals surface area (Å²) in [6.07, 6.45) is 36.5. The highest BCUT2D eigenvalue weighted by molar-refractivity contribution is 5.76. The Morgan fingerprint density at radius 1 is 0.632 bits per heavy atom. The van der Waals surface area contributed by atoms with Gasteiger partial charge in [0, 0.05) is 6.42 Å². The smallest absolute Gasteiger partial charge is 0.220 e. The third-order valence-corrected chi connectivity index (χ3v) is 7.45. The Labute approximate surface area is 237 Å². The normalized spacial score (nSPS) is 13.5.